The summed E-state index contributed by atoms with van der Waals surface area (Å²) in [7, 11) is -3.43. The molecular formula is C19H16F3N3O3S. The minimum atomic E-state index is -4.83. The van der Waals surface area contributed by atoms with Crippen molar-refractivity contribution in [2.45, 2.75) is 18.0 Å². The van der Waals surface area contributed by atoms with E-state index < -0.39 is 33.2 Å². The lowest BCUT2D eigenvalue weighted by Crippen LogP contribution is -2.20. The summed E-state index contributed by atoms with van der Waals surface area (Å²) in [5, 5.41) is 6.08. The number of amides is 1. The Hall–Kier alpha value is -3.14. The number of anilines is 1. The van der Waals surface area contributed by atoms with E-state index in [4.69, 9.17) is 0 Å². The molecule has 6 nitrogen and oxygen atoms in total. The lowest BCUT2D eigenvalue weighted by Gasteiger charge is -2.13. The smallest absolute Gasteiger partial charge is 0.322 e. The van der Waals surface area contributed by atoms with Gasteiger partial charge in [-0.25, -0.2) is 13.1 Å². The number of rotatable bonds is 4. The van der Waals surface area contributed by atoms with E-state index in [2.05, 4.69) is 10.4 Å². The lowest BCUT2D eigenvalue weighted by molar-refractivity contribution is -0.143. The molecule has 0 saturated carbocycles. The van der Waals surface area contributed by atoms with Crippen LogP contribution in [0.3, 0.4) is 0 Å². The van der Waals surface area contributed by atoms with Crippen molar-refractivity contribution < 1.29 is 26.4 Å². The molecule has 29 heavy (non-hydrogen) atoms. The van der Waals surface area contributed by atoms with Crippen LogP contribution in [0.5, 0.6) is 0 Å². The van der Waals surface area contributed by atoms with Gasteiger partial charge in [0.1, 0.15) is 0 Å². The number of carbonyl (C=O) groups is 1. The second kappa shape index (κ2) is 7.36. The molecule has 0 unspecified atom stereocenters. The van der Waals surface area contributed by atoms with Gasteiger partial charge in [-0.05, 0) is 43.3 Å². The third kappa shape index (κ3) is 4.48. The predicted octanol–water partition coefficient (Wildman–Crippen LogP) is 3.86. The average Bonchev–Trinajstić information content (AvgIpc) is 3.08. The van der Waals surface area contributed by atoms with Crippen molar-refractivity contribution in [2.24, 2.45) is 0 Å². The first-order valence-electron chi connectivity index (χ1n) is 8.30. The Kier molecular flexibility index (Phi) is 5.22. The second-order valence-corrected chi connectivity index (χ2v) is 8.42. The highest BCUT2D eigenvalue weighted by atomic mass is 32.2. The van der Waals surface area contributed by atoms with E-state index in [1.807, 2.05) is 0 Å². The zero-order valence-electron chi connectivity index (χ0n) is 15.4. The molecule has 1 aromatic heterocycles. The van der Waals surface area contributed by atoms with Gasteiger partial charge in [-0.2, -0.15) is 18.3 Å². The SMILES string of the molecule is Cc1ccc(-n2ncc(C(=O)Nc3ccc(S(C)(=O)=O)cc3)c2C(F)(F)F)cc1. The Bertz CT molecular complexity index is 1150. The maximum atomic E-state index is 13.7. The zero-order chi connectivity index (χ0) is 21.4. The summed E-state index contributed by atoms with van der Waals surface area (Å²) in [6, 6.07) is 11.3. The van der Waals surface area contributed by atoms with Gasteiger partial charge in [0, 0.05) is 11.9 Å². The number of nitrogens with zero attached hydrogens (tertiary/aromatic N) is 2. The van der Waals surface area contributed by atoms with Crippen LogP contribution in [0.25, 0.3) is 5.69 Å². The van der Waals surface area contributed by atoms with E-state index >= 15 is 0 Å². The average molecular weight is 423 g/mol. The number of aromatic nitrogens is 2. The molecule has 0 atom stereocenters. The largest absolute Gasteiger partial charge is 0.434 e. The first-order valence-corrected chi connectivity index (χ1v) is 10.2. The molecule has 1 amide bonds. The number of alkyl halides is 3. The molecule has 0 fully saturated rings. The van der Waals surface area contributed by atoms with Crippen LogP contribution in [0.1, 0.15) is 21.6 Å². The van der Waals surface area contributed by atoms with Crippen LogP contribution in [0.4, 0.5) is 18.9 Å². The topological polar surface area (TPSA) is 81.1 Å². The van der Waals surface area contributed by atoms with Crippen LogP contribution >= 0.6 is 0 Å². The number of sulfone groups is 1. The van der Waals surface area contributed by atoms with E-state index in [0.717, 1.165) is 18.0 Å². The number of hydrogen-bond donors (Lipinski definition) is 1. The Morgan fingerprint density at radius 2 is 1.62 bits per heavy atom. The van der Waals surface area contributed by atoms with Crippen LogP contribution in [0.2, 0.25) is 0 Å². The quantitative estimate of drug-likeness (QED) is 0.691. The van der Waals surface area contributed by atoms with Crippen LogP contribution in [-0.4, -0.2) is 30.4 Å². The summed E-state index contributed by atoms with van der Waals surface area (Å²) in [5.41, 5.74) is -0.667. The molecule has 3 rings (SSSR count). The molecule has 3 aromatic rings. The van der Waals surface area contributed by atoms with E-state index in [9.17, 15) is 26.4 Å². The highest BCUT2D eigenvalue weighted by Gasteiger charge is 2.40. The normalized spacial score (nSPS) is 12.0. The van der Waals surface area contributed by atoms with Crippen molar-refractivity contribution in [3.05, 3.63) is 71.5 Å². The van der Waals surface area contributed by atoms with Crippen LogP contribution in [0.15, 0.2) is 59.6 Å². The number of halogens is 3. The van der Waals surface area contributed by atoms with Crippen LogP contribution < -0.4 is 5.32 Å². The Morgan fingerprint density at radius 3 is 2.14 bits per heavy atom. The van der Waals surface area contributed by atoms with Crippen LogP contribution in [-0.2, 0) is 16.0 Å². The maximum Gasteiger partial charge on any atom is 0.434 e. The molecule has 10 heteroatoms. The fraction of sp³-hybridized carbons (Fsp3) is 0.158. The fourth-order valence-corrected chi connectivity index (χ4v) is 3.28. The molecule has 1 heterocycles. The Labute approximate surface area is 164 Å². The molecule has 0 aliphatic carbocycles. The third-order valence-corrected chi connectivity index (χ3v) is 5.23. The first-order chi connectivity index (χ1) is 13.5. The van der Waals surface area contributed by atoms with Crippen LogP contribution in [0, 0.1) is 6.92 Å². The highest BCUT2D eigenvalue weighted by molar-refractivity contribution is 7.90. The van der Waals surface area contributed by atoms with Gasteiger partial charge in [0.15, 0.2) is 15.5 Å². The molecule has 2 aromatic carbocycles. The van der Waals surface area contributed by atoms with Gasteiger partial charge in [0.05, 0.1) is 22.3 Å². The van der Waals surface area contributed by atoms with Gasteiger partial charge in [0.25, 0.3) is 5.91 Å². The second-order valence-electron chi connectivity index (χ2n) is 6.40. The highest BCUT2D eigenvalue weighted by Crippen LogP contribution is 2.34. The molecular weight excluding hydrogens is 407 g/mol. The van der Waals surface area contributed by atoms with Gasteiger partial charge in [-0.15, -0.1) is 0 Å². The molecule has 152 valence electrons. The number of benzene rings is 2. The summed E-state index contributed by atoms with van der Waals surface area (Å²) in [4.78, 5) is 12.5. The number of aryl methyl sites for hydroxylation is 1. The molecule has 0 bridgehead atoms. The van der Waals surface area contributed by atoms with Crippen molar-refractivity contribution in [1.82, 2.24) is 9.78 Å². The van der Waals surface area contributed by atoms with Gasteiger partial charge < -0.3 is 5.32 Å². The van der Waals surface area contributed by atoms with E-state index in [1.54, 1.807) is 19.1 Å². The zero-order valence-corrected chi connectivity index (χ0v) is 16.2. The summed E-state index contributed by atoms with van der Waals surface area (Å²) in [6.07, 6.45) is -2.95. The Balaban J connectivity index is 1.96. The van der Waals surface area contributed by atoms with E-state index in [-0.39, 0.29) is 16.3 Å². The summed E-state index contributed by atoms with van der Waals surface area (Å²) in [6.45, 7) is 1.80. The predicted molar refractivity (Wildman–Crippen MR) is 101 cm³/mol. The van der Waals surface area contributed by atoms with Crippen molar-refractivity contribution >= 4 is 21.4 Å². The van der Waals surface area contributed by atoms with Crippen molar-refractivity contribution in [1.29, 1.82) is 0 Å². The molecule has 0 aliphatic rings. The van der Waals surface area contributed by atoms with Gasteiger partial charge in [-0.1, -0.05) is 17.7 Å². The number of nitrogens with one attached hydrogen (secondary N) is 1. The van der Waals surface area contributed by atoms with E-state index in [1.165, 1.54) is 36.4 Å². The molecule has 1 N–H and O–H groups in total. The van der Waals surface area contributed by atoms with Crippen molar-refractivity contribution in [2.75, 3.05) is 11.6 Å². The minimum Gasteiger partial charge on any atom is -0.322 e. The maximum absolute atomic E-state index is 13.7. The Morgan fingerprint density at radius 1 is 1.03 bits per heavy atom. The van der Waals surface area contributed by atoms with Gasteiger partial charge in [0.2, 0.25) is 0 Å². The van der Waals surface area contributed by atoms with Gasteiger partial charge in [-0.3, -0.25) is 4.79 Å². The summed E-state index contributed by atoms with van der Waals surface area (Å²) in [5.74, 6) is -1.01. The monoisotopic (exact) mass is 423 g/mol. The van der Waals surface area contributed by atoms with Crippen molar-refractivity contribution in [3.63, 3.8) is 0 Å². The lowest BCUT2D eigenvalue weighted by atomic mass is 10.2. The van der Waals surface area contributed by atoms with Gasteiger partial charge >= 0.3 is 6.18 Å². The molecule has 0 spiro atoms. The number of carbonyl (C=O) groups excluding carboxylic acids is 1. The standard InChI is InChI=1S/C19H16F3N3O3S/c1-12-3-7-14(8-4-12)25-17(19(20,21)22)16(11-23-25)18(26)24-13-5-9-15(10-6-13)29(2,27)28/h3-11H,1-2H3,(H,24,26). The fourth-order valence-electron chi connectivity index (χ4n) is 2.65. The minimum absolute atomic E-state index is 0.0265. The first kappa shape index (κ1) is 20.6. The molecule has 0 saturated heterocycles. The molecule has 0 aliphatic heterocycles. The van der Waals surface area contributed by atoms with E-state index in [0.29, 0.717) is 4.68 Å². The molecule has 0 radical (unpaired) electrons. The summed E-state index contributed by atoms with van der Waals surface area (Å²) >= 11 is 0. The summed E-state index contributed by atoms with van der Waals surface area (Å²) < 4.78 is 64.7. The third-order valence-electron chi connectivity index (χ3n) is 4.10. The van der Waals surface area contributed by atoms with Crippen molar-refractivity contribution in [3.8, 4) is 5.69 Å². The number of hydrogen-bond acceptors (Lipinski definition) is 4.